The lowest BCUT2D eigenvalue weighted by Crippen LogP contribution is -2.32. The fourth-order valence-corrected chi connectivity index (χ4v) is 1.90. The summed E-state index contributed by atoms with van der Waals surface area (Å²) in [5.41, 5.74) is 0.755. The van der Waals surface area contributed by atoms with Gasteiger partial charge in [0.25, 0.3) is 0 Å². The first-order valence-electron chi connectivity index (χ1n) is 6.47. The summed E-state index contributed by atoms with van der Waals surface area (Å²) in [6, 6.07) is 11.3. The Balaban J connectivity index is 2.20. The molecule has 0 aliphatic heterocycles. The van der Waals surface area contributed by atoms with Crippen LogP contribution in [-0.2, 0) is 6.67 Å². The Morgan fingerprint density at radius 3 is 2.80 bits per heavy atom. The highest BCUT2D eigenvalue weighted by Crippen LogP contribution is 2.13. The number of rotatable bonds is 6. The molecule has 6 nitrogen and oxygen atoms in total. The van der Waals surface area contributed by atoms with Crippen molar-refractivity contribution in [3.8, 4) is 17.5 Å². The SMILES string of the molecule is CCCN(CC#N)Cn1nc(-c2ccccc2)oc1=O. The fraction of sp³-hybridized carbons (Fsp3) is 0.357. The highest BCUT2D eigenvalue weighted by Gasteiger charge is 2.12. The highest BCUT2D eigenvalue weighted by molar-refractivity contribution is 5.51. The van der Waals surface area contributed by atoms with Crippen LogP contribution >= 0.6 is 0 Å². The van der Waals surface area contributed by atoms with Crippen LogP contribution in [0.15, 0.2) is 39.5 Å². The Morgan fingerprint density at radius 2 is 2.15 bits per heavy atom. The molecule has 0 aliphatic carbocycles. The van der Waals surface area contributed by atoms with Gasteiger partial charge in [-0.25, -0.2) is 4.79 Å². The summed E-state index contributed by atoms with van der Waals surface area (Å²) in [5, 5.41) is 12.9. The van der Waals surface area contributed by atoms with Crippen LogP contribution in [0.25, 0.3) is 11.5 Å². The number of aromatic nitrogens is 2. The van der Waals surface area contributed by atoms with Gasteiger partial charge >= 0.3 is 5.76 Å². The van der Waals surface area contributed by atoms with E-state index in [0.29, 0.717) is 5.89 Å². The van der Waals surface area contributed by atoms with Crippen molar-refractivity contribution in [2.75, 3.05) is 13.1 Å². The van der Waals surface area contributed by atoms with E-state index in [2.05, 4.69) is 11.2 Å². The van der Waals surface area contributed by atoms with Gasteiger partial charge in [-0.3, -0.25) is 4.90 Å². The number of hydrogen-bond donors (Lipinski definition) is 0. The van der Waals surface area contributed by atoms with Gasteiger partial charge in [-0.05, 0) is 18.6 Å². The smallest absolute Gasteiger partial charge is 0.388 e. The van der Waals surface area contributed by atoms with E-state index in [1.54, 1.807) is 0 Å². The Kier molecular flexibility index (Phi) is 4.69. The van der Waals surface area contributed by atoms with Gasteiger partial charge in [-0.15, -0.1) is 5.10 Å². The van der Waals surface area contributed by atoms with Crippen molar-refractivity contribution in [1.29, 1.82) is 5.26 Å². The van der Waals surface area contributed by atoms with Crippen molar-refractivity contribution >= 4 is 0 Å². The van der Waals surface area contributed by atoms with Crippen molar-refractivity contribution in [2.45, 2.75) is 20.0 Å². The number of benzene rings is 1. The monoisotopic (exact) mass is 272 g/mol. The summed E-state index contributed by atoms with van der Waals surface area (Å²) in [6.45, 7) is 3.27. The number of hydrogen-bond acceptors (Lipinski definition) is 5. The topological polar surface area (TPSA) is 75.1 Å². The lowest BCUT2D eigenvalue weighted by Gasteiger charge is -2.16. The van der Waals surface area contributed by atoms with Crippen LogP contribution in [0.2, 0.25) is 0 Å². The van der Waals surface area contributed by atoms with E-state index < -0.39 is 5.76 Å². The molecule has 1 aromatic heterocycles. The Bertz CT molecular complexity index is 639. The summed E-state index contributed by atoms with van der Waals surface area (Å²) >= 11 is 0. The van der Waals surface area contributed by atoms with Crippen LogP contribution in [0.5, 0.6) is 0 Å². The molecule has 2 aromatic rings. The molecule has 0 N–H and O–H groups in total. The maximum atomic E-state index is 11.8. The minimum Gasteiger partial charge on any atom is -0.388 e. The van der Waals surface area contributed by atoms with E-state index in [4.69, 9.17) is 9.68 Å². The highest BCUT2D eigenvalue weighted by atomic mass is 16.4. The van der Waals surface area contributed by atoms with Crippen molar-refractivity contribution in [2.24, 2.45) is 0 Å². The quantitative estimate of drug-likeness (QED) is 0.748. The lowest BCUT2D eigenvalue weighted by molar-refractivity contribution is 0.223. The maximum absolute atomic E-state index is 11.8. The molecule has 0 spiro atoms. The van der Waals surface area contributed by atoms with Gasteiger partial charge in [-0.1, -0.05) is 25.1 Å². The molecule has 0 saturated carbocycles. The van der Waals surface area contributed by atoms with Crippen LogP contribution < -0.4 is 5.76 Å². The van der Waals surface area contributed by atoms with Gasteiger partial charge in [0.1, 0.15) is 6.67 Å². The molecule has 0 aliphatic rings. The first-order valence-corrected chi connectivity index (χ1v) is 6.47. The number of nitrogens with zero attached hydrogens (tertiary/aromatic N) is 4. The first-order chi connectivity index (χ1) is 9.74. The van der Waals surface area contributed by atoms with Gasteiger partial charge in [0.05, 0.1) is 12.6 Å². The fourth-order valence-electron chi connectivity index (χ4n) is 1.90. The van der Waals surface area contributed by atoms with E-state index in [0.717, 1.165) is 18.5 Å². The lowest BCUT2D eigenvalue weighted by atomic mass is 10.2. The Hall–Kier alpha value is -2.39. The van der Waals surface area contributed by atoms with Gasteiger partial charge < -0.3 is 4.42 Å². The van der Waals surface area contributed by atoms with E-state index in [-0.39, 0.29) is 13.2 Å². The minimum atomic E-state index is -0.511. The zero-order valence-corrected chi connectivity index (χ0v) is 11.3. The predicted molar refractivity (Wildman–Crippen MR) is 73.7 cm³/mol. The molecule has 0 bridgehead atoms. The van der Waals surface area contributed by atoms with Crippen molar-refractivity contribution in [3.05, 3.63) is 40.9 Å². The van der Waals surface area contributed by atoms with Gasteiger partial charge in [0.2, 0.25) is 5.89 Å². The second kappa shape index (κ2) is 6.68. The first kappa shape index (κ1) is 14.0. The van der Waals surface area contributed by atoms with Crippen LogP contribution in [0.1, 0.15) is 13.3 Å². The van der Waals surface area contributed by atoms with Crippen LogP contribution in [0.4, 0.5) is 0 Å². The molecule has 2 rings (SSSR count). The molecule has 0 amide bonds. The molecule has 6 heteroatoms. The van der Waals surface area contributed by atoms with E-state index in [1.165, 1.54) is 4.68 Å². The largest absolute Gasteiger partial charge is 0.438 e. The predicted octanol–water partition coefficient (Wildman–Crippen LogP) is 1.70. The van der Waals surface area contributed by atoms with Crippen LogP contribution in [-0.4, -0.2) is 27.8 Å². The van der Waals surface area contributed by atoms with Crippen molar-refractivity contribution in [3.63, 3.8) is 0 Å². The zero-order chi connectivity index (χ0) is 14.4. The van der Waals surface area contributed by atoms with Gasteiger partial charge in [-0.2, -0.15) is 9.94 Å². The average Bonchev–Trinajstić information content (AvgIpc) is 2.82. The van der Waals surface area contributed by atoms with Gasteiger partial charge in [0, 0.05) is 12.1 Å². The van der Waals surface area contributed by atoms with E-state index in [1.807, 2.05) is 42.2 Å². The third-order valence-corrected chi connectivity index (χ3v) is 2.80. The third-order valence-electron chi connectivity index (χ3n) is 2.80. The van der Waals surface area contributed by atoms with Crippen molar-refractivity contribution in [1.82, 2.24) is 14.7 Å². The van der Waals surface area contributed by atoms with Crippen LogP contribution in [0, 0.1) is 11.3 Å². The standard InChI is InChI=1S/C14H16N4O2/c1-2-9-17(10-8-15)11-18-14(19)20-13(16-18)12-6-4-3-5-7-12/h3-7H,2,9-11H2,1H3. The molecular formula is C14H16N4O2. The summed E-state index contributed by atoms with van der Waals surface area (Å²) in [6.07, 6.45) is 0.903. The second-order valence-electron chi connectivity index (χ2n) is 4.39. The molecule has 0 radical (unpaired) electrons. The molecule has 0 saturated heterocycles. The second-order valence-corrected chi connectivity index (χ2v) is 4.39. The van der Waals surface area contributed by atoms with E-state index >= 15 is 0 Å². The van der Waals surface area contributed by atoms with Crippen molar-refractivity contribution < 1.29 is 4.42 Å². The summed E-state index contributed by atoms with van der Waals surface area (Å²) in [7, 11) is 0. The molecule has 104 valence electrons. The molecule has 1 heterocycles. The molecule has 20 heavy (non-hydrogen) atoms. The summed E-state index contributed by atoms with van der Waals surface area (Å²) in [4.78, 5) is 13.6. The van der Waals surface area contributed by atoms with Gasteiger partial charge in [0.15, 0.2) is 0 Å². The van der Waals surface area contributed by atoms with Crippen LogP contribution in [0.3, 0.4) is 0 Å². The Labute approximate surface area is 116 Å². The normalized spacial score (nSPS) is 10.7. The third kappa shape index (κ3) is 3.33. The zero-order valence-electron chi connectivity index (χ0n) is 11.3. The molecule has 1 aromatic carbocycles. The molecule has 0 fully saturated rings. The average molecular weight is 272 g/mol. The molecule has 0 unspecified atom stereocenters. The van der Waals surface area contributed by atoms with E-state index in [9.17, 15) is 4.79 Å². The maximum Gasteiger partial charge on any atom is 0.438 e. The summed E-state index contributed by atoms with van der Waals surface area (Å²) < 4.78 is 6.39. The number of nitriles is 1. The molecular weight excluding hydrogens is 256 g/mol. The summed E-state index contributed by atoms with van der Waals surface area (Å²) in [5.74, 6) is -0.216. The Morgan fingerprint density at radius 1 is 1.40 bits per heavy atom. The minimum absolute atomic E-state index is 0.258. The molecule has 0 atom stereocenters.